The lowest BCUT2D eigenvalue weighted by Gasteiger charge is -2.37. The first-order chi connectivity index (χ1) is 18.0. The number of nitriles is 1. The smallest absolute Gasteiger partial charge is 0.280 e. The number of H-pyrrole nitrogens is 1. The average molecular weight is 554 g/mol. The second-order valence-corrected chi connectivity index (χ2v) is 11.1. The number of fused-ring (bicyclic) bond motifs is 1. The standard InChI is InChI=1S/C23H36N7O7P/c1-12(2)20(33)27-23-26-19-16(21(34)28-23)25-11-29(19)22-18(17(32)15(10-31)36-22)37-38(35-9-7-8-24)30(13(3)4)14(5)6/h11-15,17-18,22,31-32H,7,9-10H2,1-6H3,(H2,26,27,28,33,34)/t15-,17-,18-,22-,38?/m1/s1. The third kappa shape index (κ3) is 6.55. The van der Waals surface area contributed by atoms with Crippen LogP contribution in [0.25, 0.3) is 11.2 Å². The number of carbonyl (C=O) groups is 1. The Bertz CT molecular complexity index is 1190. The highest BCUT2D eigenvalue weighted by Crippen LogP contribution is 2.50. The van der Waals surface area contributed by atoms with Crippen molar-refractivity contribution in [3.8, 4) is 6.07 Å². The molecule has 1 aliphatic rings. The first kappa shape index (κ1) is 30.0. The number of rotatable bonds is 12. The van der Waals surface area contributed by atoms with Crippen molar-refractivity contribution in [3.63, 3.8) is 0 Å². The van der Waals surface area contributed by atoms with Gasteiger partial charge >= 0.3 is 0 Å². The van der Waals surface area contributed by atoms with Gasteiger partial charge in [-0.1, -0.05) is 13.8 Å². The first-order valence-electron chi connectivity index (χ1n) is 12.5. The lowest BCUT2D eigenvalue weighted by Crippen LogP contribution is -2.39. The number of aromatic nitrogens is 4. The van der Waals surface area contributed by atoms with Crippen LogP contribution in [0.1, 0.15) is 54.2 Å². The third-order valence-corrected chi connectivity index (χ3v) is 7.97. The normalized spacial score (nSPS) is 22.6. The molecule has 210 valence electrons. The number of anilines is 1. The minimum absolute atomic E-state index is 0.00430. The summed E-state index contributed by atoms with van der Waals surface area (Å²) in [7, 11) is -1.77. The van der Waals surface area contributed by atoms with E-state index in [2.05, 4.69) is 20.3 Å². The number of aliphatic hydroxyl groups is 2. The van der Waals surface area contributed by atoms with Crippen molar-refractivity contribution in [3.05, 3.63) is 16.7 Å². The van der Waals surface area contributed by atoms with E-state index in [4.69, 9.17) is 19.0 Å². The monoisotopic (exact) mass is 553 g/mol. The maximum absolute atomic E-state index is 12.7. The molecule has 5 atom stereocenters. The van der Waals surface area contributed by atoms with Gasteiger partial charge in [0.1, 0.15) is 18.3 Å². The van der Waals surface area contributed by atoms with Gasteiger partial charge in [0.25, 0.3) is 14.1 Å². The molecule has 0 bridgehead atoms. The number of aliphatic hydroxyl groups excluding tert-OH is 2. The van der Waals surface area contributed by atoms with Gasteiger partial charge in [-0.3, -0.25) is 24.5 Å². The van der Waals surface area contributed by atoms with E-state index in [0.717, 1.165) is 0 Å². The lowest BCUT2D eigenvalue weighted by atomic mass is 10.1. The lowest BCUT2D eigenvalue weighted by molar-refractivity contribution is -0.118. The van der Waals surface area contributed by atoms with E-state index in [1.54, 1.807) is 13.8 Å². The largest absolute Gasteiger partial charge is 0.394 e. The molecule has 1 amide bonds. The van der Waals surface area contributed by atoms with E-state index in [1.165, 1.54) is 10.9 Å². The first-order valence-corrected chi connectivity index (χ1v) is 13.6. The summed E-state index contributed by atoms with van der Waals surface area (Å²) >= 11 is 0. The molecule has 15 heteroatoms. The molecule has 4 N–H and O–H groups in total. The Morgan fingerprint density at radius 2 is 2.03 bits per heavy atom. The molecule has 2 aromatic rings. The van der Waals surface area contributed by atoms with Crippen LogP contribution in [0, 0.1) is 17.2 Å². The number of nitrogens with zero attached hydrogens (tertiary/aromatic N) is 5. The van der Waals surface area contributed by atoms with Crippen LogP contribution in [-0.2, 0) is 18.6 Å². The number of carbonyl (C=O) groups excluding carboxylic acids is 1. The predicted molar refractivity (Wildman–Crippen MR) is 139 cm³/mol. The molecule has 0 spiro atoms. The quantitative estimate of drug-likeness (QED) is 0.221. The Kier molecular flexibility index (Phi) is 10.3. The van der Waals surface area contributed by atoms with Crippen LogP contribution in [0.4, 0.5) is 5.95 Å². The van der Waals surface area contributed by atoms with Crippen molar-refractivity contribution >= 4 is 31.5 Å². The van der Waals surface area contributed by atoms with Gasteiger partial charge in [-0.25, -0.2) is 9.65 Å². The molecule has 3 rings (SSSR count). The highest BCUT2D eigenvalue weighted by molar-refractivity contribution is 7.44. The molecule has 0 aromatic carbocycles. The van der Waals surface area contributed by atoms with E-state index >= 15 is 0 Å². The van der Waals surface area contributed by atoms with Crippen LogP contribution in [0.3, 0.4) is 0 Å². The summed E-state index contributed by atoms with van der Waals surface area (Å²) in [5.41, 5.74) is -0.484. The average Bonchev–Trinajstić information content (AvgIpc) is 3.39. The van der Waals surface area contributed by atoms with Crippen LogP contribution in [0.15, 0.2) is 11.1 Å². The molecule has 14 nitrogen and oxygen atoms in total. The molecule has 1 aliphatic heterocycles. The van der Waals surface area contributed by atoms with Crippen LogP contribution >= 0.6 is 8.53 Å². The Balaban J connectivity index is 2.02. The zero-order valence-corrected chi connectivity index (χ0v) is 23.3. The second-order valence-electron chi connectivity index (χ2n) is 9.74. The number of hydrogen-bond donors (Lipinski definition) is 4. The molecule has 3 heterocycles. The van der Waals surface area contributed by atoms with Crippen molar-refractivity contribution in [2.75, 3.05) is 18.5 Å². The van der Waals surface area contributed by atoms with Crippen molar-refractivity contribution in [2.24, 2.45) is 5.92 Å². The second kappa shape index (κ2) is 13.0. The fraction of sp³-hybridized carbons (Fsp3) is 0.696. The summed E-state index contributed by atoms with van der Waals surface area (Å²) in [5, 5.41) is 32.5. The van der Waals surface area contributed by atoms with Crippen LogP contribution < -0.4 is 10.9 Å². The van der Waals surface area contributed by atoms with E-state index in [0.29, 0.717) is 0 Å². The van der Waals surface area contributed by atoms with E-state index < -0.39 is 45.2 Å². The molecule has 0 radical (unpaired) electrons. The molecule has 0 aliphatic carbocycles. The van der Waals surface area contributed by atoms with Crippen molar-refractivity contribution in [2.45, 2.75) is 84.6 Å². The summed E-state index contributed by atoms with van der Waals surface area (Å²) in [5.74, 6) is -0.747. The van der Waals surface area contributed by atoms with Gasteiger partial charge in [0.2, 0.25) is 11.9 Å². The van der Waals surface area contributed by atoms with E-state index in [-0.39, 0.29) is 54.0 Å². The summed E-state index contributed by atoms with van der Waals surface area (Å²) < 4.78 is 21.7. The number of ether oxygens (including phenoxy) is 1. The number of imidazole rings is 1. The topological polar surface area (TPSA) is 188 Å². The maximum Gasteiger partial charge on any atom is 0.280 e. The maximum atomic E-state index is 12.7. The fourth-order valence-electron chi connectivity index (χ4n) is 4.04. The molecule has 1 unspecified atom stereocenters. The minimum Gasteiger partial charge on any atom is -0.394 e. The Morgan fingerprint density at radius 3 is 2.61 bits per heavy atom. The molecular formula is C23H36N7O7P. The molecular weight excluding hydrogens is 517 g/mol. The minimum atomic E-state index is -1.77. The molecule has 1 fully saturated rings. The predicted octanol–water partition coefficient (Wildman–Crippen LogP) is 1.63. The summed E-state index contributed by atoms with van der Waals surface area (Å²) in [6.07, 6.45) is -2.85. The SMILES string of the molecule is CC(C)C(=O)Nc1nc2c(ncn2[C@@H]2O[C@H](CO)[C@@H](O)[C@H]2OP(OCCC#N)N(C(C)C)C(C)C)c(=O)[nH]1. The molecule has 0 saturated carbocycles. The summed E-state index contributed by atoms with van der Waals surface area (Å²) in [4.78, 5) is 35.9. The summed E-state index contributed by atoms with van der Waals surface area (Å²) in [6, 6.07) is 2.06. The van der Waals surface area contributed by atoms with Crippen LogP contribution in [0.2, 0.25) is 0 Å². The number of nitrogens with one attached hydrogen (secondary N) is 2. The number of amides is 1. The molecule has 1 saturated heterocycles. The van der Waals surface area contributed by atoms with Crippen LogP contribution in [0.5, 0.6) is 0 Å². The zero-order valence-electron chi connectivity index (χ0n) is 22.4. The zero-order chi connectivity index (χ0) is 28.1. The van der Waals surface area contributed by atoms with Gasteiger partial charge in [0.05, 0.1) is 32.0 Å². The van der Waals surface area contributed by atoms with Gasteiger partial charge in [0, 0.05) is 18.0 Å². The summed E-state index contributed by atoms with van der Waals surface area (Å²) in [6.45, 7) is 11.0. The van der Waals surface area contributed by atoms with Gasteiger partial charge in [0.15, 0.2) is 17.4 Å². The van der Waals surface area contributed by atoms with Gasteiger partial charge in [-0.2, -0.15) is 10.2 Å². The van der Waals surface area contributed by atoms with Crippen LogP contribution in [-0.4, -0.2) is 83.9 Å². The van der Waals surface area contributed by atoms with Gasteiger partial charge in [-0.05, 0) is 27.7 Å². The Labute approximate surface area is 221 Å². The Hall–Kier alpha value is -2.50. The van der Waals surface area contributed by atoms with Gasteiger partial charge < -0.3 is 24.0 Å². The fourth-order valence-corrected chi connectivity index (χ4v) is 5.78. The van der Waals surface area contributed by atoms with E-state index in [1.807, 2.05) is 38.4 Å². The highest BCUT2D eigenvalue weighted by Gasteiger charge is 2.48. The molecule has 38 heavy (non-hydrogen) atoms. The number of aromatic amines is 1. The Morgan fingerprint density at radius 1 is 1.34 bits per heavy atom. The number of hydrogen-bond acceptors (Lipinski definition) is 11. The highest BCUT2D eigenvalue weighted by atomic mass is 31.2. The van der Waals surface area contributed by atoms with E-state index in [9.17, 15) is 19.8 Å². The van der Waals surface area contributed by atoms with Crippen molar-refractivity contribution in [1.82, 2.24) is 24.2 Å². The van der Waals surface area contributed by atoms with Crippen molar-refractivity contribution < 1.29 is 28.8 Å². The van der Waals surface area contributed by atoms with Gasteiger partial charge in [-0.15, -0.1) is 0 Å². The van der Waals surface area contributed by atoms with Crippen molar-refractivity contribution in [1.29, 1.82) is 5.26 Å². The third-order valence-electron chi connectivity index (χ3n) is 5.84. The molecule has 2 aromatic heterocycles.